The van der Waals surface area contributed by atoms with Crippen LogP contribution < -0.4 is 29.6 Å². The van der Waals surface area contributed by atoms with E-state index in [2.05, 4.69) is 18.0 Å². The molecule has 0 radical (unpaired) electrons. The van der Waals surface area contributed by atoms with E-state index in [-0.39, 0.29) is 42.1 Å². The van der Waals surface area contributed by atoms with Gasteiger partial charge in [-0.2, -0.15) is 0 Å². The van der Waals surface area contributed by atoms with Crippen LogP contribution in [0.15, 0.2) is 0 Å². The van der Waals surface area contributed by atoms with Gasteiger partial charge in [0.15, 0.2) is 0 Å². The molecule has 0 saturated heterocycles. The van der Waals surface area contributed by atoms with Crippen molar-refractivity contribution in [3.8, 4) is 0 Å². The molecule has 0 saturated carbocycles. The molecular weight excluding hydrogens is 467 g/mol. The van der Waals surface area contributed by atoms with Crippen molar-refractivity contribution < 1.29 is 46.7 Å². The summed E-state index contributed by atoms with van der Waals surface area (Å²) in [5.74, 6) is 0.200. The Kier molecular flexibility index (Phi) is 32.0. The van der Waals surface area contributed by atoms with Gasteiger partial charge in [0.25, 0.3) is 0 Å². The van der Waals surface area contributed by atoms with Gasteiger partial charge in [0, 0.05) is 0 Å². The van der Waals surface area contributed by atoms with E-state index < -0.39 is 10.4 Å². The minimum absolute atomic E-state index is 0. The van der Waals surface area contributed by atoms with Crippen molar-refractivity contribution >= 4 is 10.4 Å². The molecule has 0 aromatic heterocycles. The molecule has 0 aromatic carbocycles. The molecule has 0 aliphatic rings. The first-order valence-electron chi connectivity index (χ1n) is 15.1. The predicted octanol–water partition coefficient (Wildman–Crippen LogP) is 6.88. The molecule has 0 aliphatic carbocycles. The van der Waals surface area contributed by atoms with Crippen LogP contribution in [0, 0.1) is 5.92 Å². The molecule has 0 heterocycles. The maximum absolute atomic E-state index is 10.8. The maximum atomic E-state index is 10.8. The van der Waals surface area contributed by atoms with E-state index in [1.165, 1.54) is 135 Å². The van der Waals surface area contributed by atoms with Crippen molar-refractivity contribution in [2.45, 2.75) is 174 Å². The molecule has 0 bridgehead atoms. The van der Waals surface area contributed by atoms with E-state index in [0.29, 0.717) is 0 Å². The second-order valence-electron chi connectivity index (χ2n) is 10.6. The Morgan fingerprint density at radius 2 is 0.771 bits per heavy atom. The molecule has 35 heavy (non-hydrogen) atoms. The van der Waals surface area contributed by atoms with Gasteiger partial charge in [0.1, 0.15) is 0 Å². The molecule has 6 heteroatoms. The molecule has 4 nitrogen and oxygen atoms in total. The standard InChI is InChI=1S/C29H60O4S.Na/c1-3-5-7-9-10-11-12-13-14-15-16-17-18-19-20-21-22-23-25-27-29(26-24-8-6-4-2)28-33-34(30,31)32;/h29H,3-28H2,1-2H3,(H,30,31,32);/q;+1/p-1. The normalized spacial score (nSPS) is 12.5. The topological polar surface area (TPSA) is 66.4 Å². The minimum atomic E-state index is -4.57. The average Bonchev–Trinajstić information content (AvgIpc) is 2.80. The van der Waals surface area contributed by atoms with Gasteiger partial charge >= 0.3 is 29.6 Å². The Morgan fingerprint density at radius 3 is 1.06 bits per heavy atom. The quantitative estimate of drug-likeness (QED) is 0.0482. The van der Waals surface area contributed by atoms with Gasteiger partial charge in [-0.05, 0) is 18.8 Å². The third kappa shape index (κ3) is 32.8. The first-order chi connectivity index (χ1) is 16.5. The molecule has 0 rings (SSSR count). The van der Waals surface area contributed by atoms with E-state index in [4.69, 9.17) is 0 Å². The van der Waals surface area contributed by atoms with Gasteiger partial charge in [0.05, 0.1) is 6.61 Å². The smallest absolute Gasteiger partial charge is 0.726 e. The summed E-state index contributed by atoms with van der Waals surface area (Å²) in [6.45, 7) is 4.53. The second-order valence-corrected chi connectivity index (χ2v) is 11.6. The minimum Gasteiger partial charge on any atom is -0.726 e. The van der Waals surface area contributed by atoms with E-state index in [9.17, 15) is 13.0 Å². The van der Waals surface area contributed by atoms with Gasteiger partial charge in [-0.3, -0.25) is 4.18 Å². The van der Waals surface area contributed by atoms with Crippen LogP contribution in [-0.2, 0) is 14.6 Å². The Hall–Kier alpha value is 0.870. The van der Waals surface area contributed by atoms with Gasteiger partial charge in [0.2, 0.25) is 10.4 Å². The molecule has 206 valence electrons. The van der Waals surface area contributed by atoms with Crippen molar-refractivity contribution in [3.63, 3.8) is 0 Å². The monoisotopic (exact) mass is 526 g/mol. The summed E-state index contributed by atoms with van der Waals surface area (Å²) in [5, 5.41) is 0. The summed E-state index contributed by atoms with van der Waals surface area (Å²) in [7, 11) is -4.57. The van der Waals surface area contributed by atoms with Crippen LogP contribution in [0.2, 0.25) is 0 Å². The summed E-state index contributed by atoms with van der Waals surface area (Å²) in [6, 6.07) is 0. The molecule has 0 N–H and O–H groups in total. The number of rotatable bonds is 28. The number of unbranched alkanes of at least 4 members (excludes halogenated alkanes) is 21. The summed E-state index contributed by atoms with van der Waals surface area (Å²) in [4.78, 5) is 0. The second kappa shape index (κ2) is 29.4. The average molecular weight is 527 g/mol. The molecule has 0 fully saturated rings. The van der Waals surface area contributed by atoms with Crippen LogP contribution in [-0.4, -0.2) is 19.6 Å². The van der Waals surface area contributed by atoms with Crippen LogP contribution in [0.5, 0.6) is 0 Å². The van der Waals surface area contributed by atoms with E-state index in [1.54, 1.807) is 0 Å². The van der Waals surface area contributed by atoms with Crippen LogP contribution in [0.25, 0.3) is 0 Å². The summed E-state index contributed by atoms with van der Waals surface area (Å²) >= 11 is 0. The first kappa shape index (κ1) is 38.0. The fraction of sp³-hybridized carbons (Fsp3) is 1.00. The zero-order valence-corrected chi connectivity index (χ0v) is 26.8. The number of hydrogen-bond donors (Lipinski definition) is 0. The van der Waals surface area contributed by atoms with E-state index in [0.717, 1.165) is 25.7 Å². The Balaban J connectivity index is 0. The summed E-state index contributed by atoms with van der Waals surface area (Å²) in [5.41, 5.74) is 0. The first-order valence-corrected chi connectivity index (χ1v) is 16.4. The Bertz CT molecular complexity index is 499. The van der Waals surface area contributed by atoms with Gasteiger partial charge in [-0.1, -0.05) is 162 Å². The number of hydrogen-bond acceptors (Lipinski definition) is 4. The molecular formula is C29H59NaO4S. The molecule has 0 amide bonds. The summed E-state index contributed by atoms with van der Waals surface area (Å²) in [6.07, 6.45) is 32.7. The van der Waals surface area contributed by atoms with Crippen LogP contribution >= 0.6 is 0 Å². The third-order valence-corrected chi connectivity index (χ3v) is 7.55. The summed E-state index contributed by atoms with van der Waals surface area (Å²) < 4.78 is 36.9. The zero-order chi connectivity index (χ0) is 25.2. The van der Waals surface area contributed by atoms with Crippen LogP contribution in [0.3, 0.4) is 0 Å². The Labute approximate surface area is 242 Å². The third-order valence-electron chi connectivity index (χ3n) is 7.13. The van der Waals surface area contributed by atoms with Crippen molar-refractivity contribution in [3.05, 3.63) is 0 Å². The molecule has 1 atom stereocenters. The Morgan fingerprint density at radius 1 is 0.514 bits per heavy atom. The van der Waals surface area contributed by atoms with Crippen molar-refractivity contribution in [1.82, 2.24) is 0 Å². The fourth-order valence-electron chi connectivity index (χ4n) is 4.86. The van der Waals surface area contributed by atoms with Gasteiger partial charge in [-0.25, -0.2) is 8.42 Å². The van der Waals surface area contributed by atoms with Gasteiger partial charge < -0.3 is 4.55 Å². The molecule has 1 unspecified atom stereocenters. The maximum Gasteiger partial charge on any atom is 1.00 e. The van der Waals surface area contributed by atoms with E-state index >= 15 is 0 Å². The zero-order valence-electron chi connectivity index (χ0n) is 24.0. The molecule has 0 aromatic rings. The van der Waals surface area contributed by atoms with Crippen molar-refractivity contribution in [1.29, 1.82) is 0 Å². The molecule has 0 aliphatic heterocycles. The molecule has 0 spiro atoms. The van der Waals surface area contributed by atoms with Crippen LogP contribution in [0.4, 0.5) is 0 Å². The van der Waals surface area contributed by atoms with Crippen molar-refractivity contribution in [2.75, 3.05) is 6.61 Å². The predicted molar refractivity (Wildman–Crippen MR) is 146 cm³/mol. The van der Waals surface area contributed by atoms with Crippen LogP contribution in [0.1, 0.15) is 174 Å². The fourth-order valence-corrected chi connectivity index (χ4v) is 5.22. The van der Waals surface area contributed by atoms with Crippen molar-refractivity contribution in [2.24, 2.45) is 5.92 Å². The SMILES string of the molecule is CCCCCCCCCCCCCCCCCCCCCC(CCCCCC)COS(=O)(=O)[O-].[Na+]. The largest absolute Gasteiger partial charge is 1.00 e. The van der Waals surface area contributed by atoms with Gasteiger partial charge in [-0.15, -0.1) is 0 Å². The van der Waals surface area contributed by atoms with E-state index in [1.807, 2.05) is 0 Å².